The summed E-state index contributed by atoms with van der Waals surface area (Å²) in [6, 6.07) is 93.2. The van der Waals surface area contributed by atoms with Gasteiger partial charge in [-0.2, -0.15) is 0 Å². The van der Waals surface area contributed by atoms with Crippen molar-refractivity contribution in [3.63, 3.8) is 0 Å². The largest absolute Gasteiger partial charge is 0.452 e. The number of hydrogen-bond donors (Lipinski definition) is 0. The molecule has 15 rings (SSSR count). The first-order chi connectivity index (χ1) is 36.2. The van der Waals surface area contributed by atoms with Crippen LogP contribution < -0.4 is 45.5 Å². The van der Waals surface area contributed by atoms with Crippen LogP contribution in [0.4, 0.5) is 68.2 Å². The Bertz CT molecular complexity index is 3710. The molecule has 0 bridgehead atoms. The van der Waals surface area contributed by atoms with Gasteiger partial charge in [0.15, 0.2) is 23.0 Å². The molecule has 0 N–H and O–H groups in total. The van der Waals surface area contributed by atoms with Gasteiger partial charge < -0.3 is 29.1 Å². The van der Waals surface area contributed by atoms with E-state index in [1.807, 2.05) is 12.1 Å². The number of rotatable bonds is 6. The number of nitrogens with zero attached hydrogens (tertiary/aromatic N) is 4. The maximum absolute atomic E-state index is 6.95. The van der Waals surface area contributed by atoms with Gasteiger partial charge in [-0.05, 0) is 137 Å². The number of anilines is 12. The van der Waals surface area contributed by atoms with Crippen molar-refractivity contribution in [1.82, 2.24) is 0 Å². The highest BCUT2D eigenvalue weighted by Gasteiger charge is 2.44. The molecule has 6 nitrogen and oxygen atoms in total. The molecule has 4 aliphatic rings. The van der Waals surface area contributed by atoms with Gasteiger partial charge in [0.05, 0.1) is 22.7 Å². The second-order valence-electron chi connectivity index (χ2n) is 18.8. The van der Waals surface area contributed by atoms with Gasteiger partial charge in [-0.15, -0.1) is 0 Å². The van der Waals surface area contributed by atoms with E-state index in [-0.39, 0.29) is 6.71 Å². The van der Waals surface area contributed by atoms with Gasteiger partial charge in [0.25, 0.3) is 6.71 Å². The third kappa shape index (κ3) is 6.39. The fourth-order valence-corrected chi connectivity index (χ4v) is 11.7. The zero-order chi connectivity index (χ0) is 48.0. The number of ether oxygens (including phenoxy) is 2. The van der Waals surface area contributed by atoms with E-state index in [2.05, 4.69) is 268 Å². The van der Waals surface area contributed by atoms with Crippen molar-refractivity contribution in [2.24, 2.45) is 0 Å². The summed E-state index contributed by atoms with van der Waals surface area (Å²) in [6.07, 6.45) is 0. The number of hydrogen-bond acceptors (Lipinski definition) is 6. The zero-order valence-corrected chi connectivity index (χ0v) is 39.5. The molecule has 0 amide bonds. The van der Waals surface area contributed by atoms with E-state index in [0.717, 1.165) is 114 Å². The highest BCUT2D eigenvalue weighted by atomic mass is 16.5. The van der Waals surface area contributed by atoms with Crippen LogP contribution in [0.15, 0.2) is 261 Å². The molecule has 0 saturated heterocycles. The Hall–Kier alpha value is -9.72. The van der Waals surface area contributed by atoms with Crippen LogP contribution in [0.5, 0.6) is 23.0 Å². The maximum atomic E-state index is 6.95. The van der Waals surface area contributed by atoms with Crippen molar-refractivity contribution in [2.45, 2.75) is 0 Å². The minimum atomic E-state index is -0.0815. The van der Waals surface area contributed by atoms with Gasteiger partial charge in [-0.3, -0.25) is 0 Å². The Morgan fingerprint density at radius 1 is 0.260 bits per heavy atom. The second kappa shape index (κ2) is 16.4. The van der Waals surface area contributed by atoms with Crippen LogP contribution >= 0.6 is 0 Å². The molecule has 7 heteroatoms. The maximum Gasteiger partial charge on any atom is 0.252 e. The summed E-state index contributed by atoms with van der Waals surface area (Å²) in [7, 11) is 0. The van der Waals surface area contributed by atoms with E-state index in [1.54, 1.807) is 0 Å². The van der Waals surface area contributed by atoms with E-state index < -0.39 is 0 Å². The minimum Gasteiger partial charge on any atom is -0.452 e. The van der Waals surface area contributed by atoms with E-state index >= 15 is 0 Å². The predicted molar refractivity (Wildman–Crippen MR) is 301 cm³/mol. The van der Waals surface area contributed by atoms with Crippen molar-refractivity contribution in [3.05, 3.63) is 261 Å². The lowest BCUT2D eigenvalue weighted by molar-refractivity contribution is 0.478. The first kappa shape index (κ1) is 41.1. The monoisotopic (exact) mass is 934 g/mol. The Kier molecular flexibility index (Phi) is 9.26. The van der Waals surface area contributed by atoms with Gasteiger partial charge in [-0.1, -0.05) is 152 Å². The first-order valence-corrected chi connectivity index (χ1v) is 24.9. The molecule has 73 heavy (non-hydrogen) atoms. The minimum absolute atomic E-state index is 0.0815. The van der Waals surface area contributed by atoms with Crippen molar-refractivity contribution in [2.75, 3.05) is 19.6 Å². The van der Waals surface area contributed by atoms with Crippen LogP contribution in [0.3, 0.4) is 0 Å². The van der Waals surface area contributed by atoms with Gasteiger partial charge in [0.2, 0.25) is 0 Å². The molecule has 0 unspecified atom stereocenters. The average Bonchev–Trinajstić information content (AvgIpc) is 3.48. The lowest BCUT2D eigenvalue weighted by Crippen LogP contribution is -2.61. The molecule has 0 radical (unpaired) electrons. The quantitative estimate of drug-likeness (QED) is 0.154. The zero-order valence-electron chi connectivity index (χ0n) is 39.5. The lowest BCUT2D eigenvalue weighted by Gasteiger charge is -2.44. The molecule has 11 aromatic rings. The summed E-state index contributed by atoms with van der Waals surface area (Å²) in [5, 5.41) is 0. The number of benzene rings is 11. The van der Waals surface area contributed by atoms with Crippen LogP contribution in [0, 0.1) is 0 Å². The summed E-state index contributed by atoms with van der Waals surface area (Å²) in [5.74, 6) is 3.29. The second-order valence-corrected chi connectivity index (χ2v) is 18.8. The Morgan fingerprint density at radius 2 is 0.589 bits per heavy atom. The standard InChI is InChI=1S/C66H43BN4O2/c1-5-20-46(21-6-1)68-54-30-13-15-36-62(54)72-65-50(28-17-34-58(65)68)44-38-40-52-60(42-44)70(48-24-9-3-10-25-48)56-32-19-33-57-64(56)67(52)53-41-39-45(43-61(53)71(57)49-26-11-4-12-27-49)51-29-18-35-59-66(51)73-63-37-16-14-31-55(63)69(59)47-22-7-2-8-23-47/h1-43H. The number of para-hydroxylation sites is 10. The van der Waals surface area contributed by atoms with Gasteiger partial charge in [0.1, 0.15) is 0 Å². The van der Waals surface area contributed by atoms with Gasteiger partial charge >= 0.3 is 0 Å². The molecule has 0 fully saturated rings. The molecule has 342 valence electrons. The Balaban J connectivity index is 0.928. The van der Waals surface area contributed by atoms with E-state index in [1.165, 1.54) is 16.4 Å². The fraction of sp³-hybridized carbons (Fsp3) is 0. The Labute approximate surface area is 424 Å². The smallest absolute Gasteiger partial charge is 0.252 e. The molecule has 0 aromatic heterocycles. The normalized spacial score (nSPS) is 13.3. The van der Waals surface area contributed by atoms with Crippen LogP contribution in [0.25, 0.3) is 22.3 Å². The highest BCUT2D eigenvalue weighted by Crippen LogP contribution is 2.56. The SMILES string of the molecule is c1ccc(N2c3ccccc3Oc3c(-c4ccc5c(c4)N(c4ccccc4)c4cccc6c4B5c4ccc(-c5cccc7c5Oc5ccccc5N7c5ccccc5)cc4N6c4ccccc4)cccc32)cc1. The molecule has 11 aromatic carbocycles. The van der Waals surface area contributed by atoms with Gasteiger partial charge in [-0.25, -0.2) is 0 Å². The van der Waals surface area contributed by atoms with Gasteiger partial charge in [0, 0.05) is 56.6 Å². The summed E-state index contributed by atoms with van der Waals surface area (Å²) >= 11 is 0. The number of fused-ring (bicyclic) bond motifs is 8. The van der Waals surface area contributed by atoms with Crippen molar-refractivity contribution in [1.29, 1.82) is 0 Å². The molecule has 4 heterocycles. The fourth-order valence-electron chi connectivity index (χ4n) is 11.7. The molecular formula is C66H43BN4O2. The molecular weight excluding hydrogens is 892 g/mol. The van der Waals surface area contributed by atoms with Crippen LogP contribution in [0.1, 0.15) is 0 Å². The summed E-state index contributed by atoms with van der Waals surface area (Å²) in [5.41, 5.74) is 20.8. The predicted octanol–water partition coefficient (Wildman–Crippen LogP) is 16.3. The van der Waals surface area contributed by atoms with Crippen molar-refractivity contribution >= 4 is 91.3 Å². The average molecular weight is 935 g/mol. The van der Waals surface area contributed by atoms with Crippen LogP contribution in [-0.2, 0) is 0 Å². The van der Waals surface area contributed by atoms with E-state index in [0.29, 0.717) is 0 Å². The van der Waals surface area contributed by atoms with Crippen LogP contribution in [-0.4, -0.2) is 6.71 Å². The molecule has 0 atom stereocenters. The Morgan fingerprint density at radius 3 is 1.00 bits per heavy atom. The van der Waals surface area contributed by atoms with E-state index in [4.69, 9.17) is 9.47 Å². The molecule has 0 aliphatic carbocycles. The molecule has 4 aliphatic heterocycles. The summed E-state index contributed by atoms with van der Waals surface area (Å²) < 4.78 is 13.9. The van der Waals surface area contributed by atoms with Crippen LogP contribution in [0.2, 0.25) is 0 Å². The van der Waals surface area contributed by atoms with Crippen molar-refractivity contribution in [3.8, 4) is 45.3 Å². The summed E-state index contributed by atoms with van der Waals surface area (Å²) in [6.45, 7) is -0.0815. The topological polar surface area (TPSA) is 31.4 Å². The van der Waals surface area contributed by atoms with Crippen molar-refractivity contribution < 1.29 is 9.47 Å². The molecule has 0 saturated carbocycles. The van der Waals surface area contributed by atoms with E-state index in [9.17, 15) is 0 Å². The third-order valence-electron chi connectivity index (χ3n) is 14.8. The third-order valence-corrected chi connectivity index (χ3v) is 14.8. The molecule has 0 spiro atoms. The summed E-state index contributed by atoms with van der Waals surface area (Å²) in [4.78, 5) is 9.54. The lowest BCUT2D eigenvalue weighted by atomic mass is 9.33. The first-order valence-electron chi connectivity index (χ1n) is 24.9. The highest BCUT2D eigenvalue weighted by molar-refractivity contribution is 7.00.